The molecule has 2 saturated heterocycles. The molecule has 1 aromatic carbocycles. The Morgan fingerprint density at radius 1 is 1.17 bits per heavy atom. The molecule has 2 fully saturated rings. The number of aliphatic hydroxyl groups excluding tert-OH is 1. The normalized spacial score (nSPS) is 26.8. The van der Waals surface area contributed by atoms with Crippen molar-refractivity contribution in [1.29, 1.82) is 0 Å². The highest BCUT2D eigenvalue weighted by molar-refractivity contribution is 9.10. The second-order valence-corrected chi connectivity index (χ2v) is 8.03. The van der Waals surface area contributed by atoms with Gasteiger partial charge >= 0.3 is 0 Å². The molecule has 0 aromatic heterocycles. The number of nitrogens with zero attached hydrogens (tertiary/aromatic N) is 1. The zero-order valence-electron chi connectivity index (χ0n) is 13.5. The highest BCUT2D eigenvalue weighted by Gasteiger charge is 2.46. The highest BCUT2D eigenvalue weighted by Crippen LogP contribution is 2.40. The van der Waals surface area contributed by atoms with Crippen molar-refractivity contribution >= 4 is 15.9 Å². The maximum atomic E-state index is 10.1. The number of rotatable bonds is 5. The largest absolute Gasteiger partial charge is 0.395 e. The van der Waals surface area contributed by atoms with Crippen LogP contribution in [0.25, 0.3) is 0 Å². The highest BCUT2D eigenvalue weighted by atomic mass is 79.9. The van der Waals surface area contributed by atoms with Crippen LogP contribution in [-0.2, 0) is 16.0 Å². The molecule has 2 atom stereocenters. The molecule has 0 saturated carbocycles. The Bertz CT molecular complexity index is 480. The summed E-state index contributed by atoms with van der Waals surface area (Å²) in [5.74, 6) is 0.392. The third-order valence-electron chi connectivity index (χ3n) is 5.08. The summed E-state index contributed by atoms with van der Waals surface area (Å²) >= 11 is 3.86. The number of alkyl halides is 1. The molecule has 4 nitrogen and oxygen atoms in total. The van der Waals surface area contributed by atoms with Crippen molar-refractivity contribution in [3.8, 4) is 0 Å². The third-order valence-corrected chi connectivity index (χ3v) is 6.49. The van der Waals surface area contributed by atoms with Gasteiger partial charge in [-0.1, -0.05) is 46.3 Å². The molecule has 3 rings (SSSR count). The number of hydrogen-bond donors (Lipinski definition) is 1. The number of halogens is 1. The van der Waals surface area contributed by atoms with E-state index in [-0.39, 0.29) is 17.0 Å². The molecular weight excluding hydrogens is 358 g/mol. The van der Waals surface area contributed by atoms with Crippen molar-refractivity contribution in [3.05, 3.63) is 35.9 Å². The maximum Gasteiger partial charge on any atom is 0.0880 e. The smallest absolute Gasteiger partial charge is 0.0880 e. The lowest BCUT2D eigenvalue weighted by Crippen LogP contribution is -2.57. The van der Waals surface area contributed by atoms with Gasteiger partial charge < -0.3 is 14.6 Å². The van der Waals surface area contributed by atoms with E-state index in [0.29, 0.717) is 12.5 Å². The molecule has 2 heterocycles. The summed E-state index contributed by atoms with van der Waals surface area (Å²) in [7, 11) is 0. The molecule has 23 heavy (non-hydrogen) atoms. The minimum atomic E-state index is -0.369. The van der Waals surface area contributed by atoms with Gasteiger partial charge in [-0.05, 0) is 24.3 Å². The summed E-state index contributed by atoms with van der Waals surface area (Å²) in [5, 5.41) is 10.1. The monoisotopic (exact) mass is 383 g/mol. The lowest BCUT2D eigenvalue weighted by molar-refractivity contribution is -0.0797. The van der Waals surface area contributed by atoms with Gasteiger partial charge in [0.2, 0.25) is 0 Å². The van der Waals surface area contributed by atoms with E-state index in [0.717, 1.165) is 45.7 Å². The van der Waals surface area contributed by atoms with E-state index in [4.69, 9.17) is 9.47 Å². The molecule has 0 spiro atoms. The van der Waals surface area contributed by atoms with E-state index in [1.807, 2.05) is 6.07 Å². The molecule has 5 heteroatoms. The van der Waals surface area contributed by atoms with E-state index in [1.165, 1.54) is 5.56 Å². The summed E-state index contributed by atoms with van der Waals surface area (Å²) in [5.41, 5.74) is 1.32. The van der Waals surface area contributed by atoms with Crippen molar-refractivity contribution in [1.82, 2.24) is 4.90 Å². The van der Waals surface area contributed by atoms with Crippen LogP contribution in [0.1, 0.15) is 18.4 Å². The first kappa shape index (κ1) is 17.4. The van der Waals surface area contributed by atoms with Gasteiger partial charge in [0, 0.05) is 32.8 Å². The fourth-order valence-corrected chi connectivity index (χ4v) is 4.38. The van der Waals surface area contributed by atoms with Crippen molar-refractivity contribution in [3.63, 3.8) is 0 Å². The van der Waals surface area contributed by atoms with Gasteiger partial charge in [0.15, 0.2) is 0 Å². The Labute approximate surface area is 146 Å². The van der Waals surface area contributed by atoms with Crippen LogP contribution in [0.4, 0.5) is 0 Å². The Morgan fingerprint density at radius 3 is 2.61 bits per heavy atom. The van der Waals surface area contributed by atoms with E-state index in [1.54, 1.807) is 0 Å². The first-order chi connectivity index (χ1) is 11.2. The van der Waals surface area contributed by atoms with Crippen molar-refractivity contribution in [2.24, 2.45) is 5.92 Å². The molecular formula is C18H26BrNO3. The van der Waals surface area contributed by atoms with Gasteiger partial charge in [-0.25, -0.2) is 0 Å². The summed E-state index contributed by atoms with van der Waals surface area (Å²) in [6.07, 6.45) is 1.96. The lowest BCUT2D eigenvalue weighted by atomic mass is 9.82. The number of hydrogen-bond acceptors (Lipinski definition) is 4. The quantitative estimate of drug-likeness (QED) is 0.792. The fraction of sp³-hybridized carbons (Fsp3) is 0.667. The van der Waals surface area contributed by atoms with Crippen LogP contribution < -0.4 is 0 Å². The Morgan fingerprint density at radius 2 is 1.91 bits per heavy atom. The summed E-state index contributed by atoms with van der Waals surface area (Å²) in [4.78, 5) is 2.43. The molecule has 1 N–H and O–H groups in total. The van der Waals surface area contributed by atoms with Crippen molar-refractivity contribution in [2.45, 2.75) is 29.8 Å². The van der Waals surface area contributed by atoms with E-state index < -0.39 is 0 Å². The zero-order valence-corrected chi connectivity index (χ0v) is 15.1. The average molecular weight is 384 g/mol. The molecule has 0 radical (unpaired) electrons. The van der Waals surface area contributed by atoms with E-state index in [2.05, 4.69) is 45.1 Å². The summed E-state index contributed by atoms with van der Waals surface area (Å²) in [6.45, 7) is 5.08. The molecule has 128 valence electrons. The molecule has 2 aliphatic rings. The van der Waals surface area contributed by atoms with Crippen molar-refractivity contribution in [2.75, 3.05) is 39.5 Å². The molecule has 2 unspecified atom stereocenters. The van der Waals surface area contributed by atoms with Crippen LogP contribution >= 0.6 is 15.9 Å². The first-order valence-corrected chi connectivity index (χ1v) is 9.27. The standard InChI is InChI=1S/C18H26BrNO3/c19-18(14-21,16-6-9-22-10-7-16)17-13-20(8-11-23-17)12-15-4-2-1-3-5-15/h1-5,16-17,21H,6-14H2. The zero-order chi connectivity index (χ0) is 16.1. The van der Waals surface area contributed by atoms with Gasteiger partial charge in [0.25, 0.3) is 0 Å². The van der Waals surface area contributed by atoms with Crippen LogP contribution in [0.15, 0.2) is 30.3 Å². The minimum absolute atomic E-state index is 0.00747. The SMILES string of the molecule is OCC(Br)(C1CCOCC1)C1CN(Cc2ccccc2)CCO1. The van der Waals surface area contributed by atoms with Gasteiger partial charge in [-0.15, -0.1) is 0 Å². The van der Waals surface area contributed by atoms with Gasteiger partial charge in [-0.2, -0.15) is 0 Å². The van der Waals surface area contributed by atoms with Gasteiger partial charge in [0.1, 0.15) is 0 Å². The number of benzene rings is 1. The summed E-state index contributed by atoms with van der Waals surface area (Å²) in [6, 6.07) is 10.5. The van der Waals surface area contributed by atoms with Gasteiger partial charge in [-0.3, -0.25) is 4.90 Å². The van der Waals surface area contributed by atoms with Crippen LogP contribution in [0.2, 0.25) is 0 Å². The van der Waals surface area contributed by atoms with E-state index in [9.17, 15) is 5.11 Å². The Hall–Kier alpha value is -0.460. The van der Waals surface area contributed by atoms with Gasteiger partial charge in [0.05, 0.1) is 23.6 Å². The van der Waals surface area contributed by atoms with Crippen LogP contribution in [-0.4, -0.2) is 60.0 Å². The minimum Gasteiger partial charge on any atom is -0.395 e. The first-order valence-electron chi connectivity index (χ1n) is 8.48. The third kappa shape index (κ3) is 4.15. The average Bonchev–Trinajstić information content (AvgIpc) is 2.63. The maximum absolute atomic E-state index is 10.1. The number of ether oxygens (including phenoxy) is 2. The molecule has 0 aliphatic carbocycles. The molecule has 0 bridgehead atoms. The van der Waals surface area contributed by atoms with Crippen LogP contribution in [0.3, 0.4) is 0 Å². The van der Waals surface area contributed by atoms with Crippen LogP contribution in [0, 0.1) is 5.92 Å². The molecule has 1 aromatic rings. The predicted molar refractivity (Wildman–Crippen MR) is 93.7 cm³/mol. The predicted octanol–water partition coefficient (Wildman–Crippen LogP) is 2.44. The number of aliphatic hydroxyl groups is 1. The van der Waals surface area contributed by atoms with Crippen LogP contribution in [0.5, 0.6) is 0 Å². The molecule has 0 amide bonds. The second kappa shape index (κ2) is 8.08. The summed E-state index contributed by atoms with van der Waals surface area (Å²) < 4.78 is 11.2. The molecule has 2 aliphatic heterocycles. The topological polar surface area (TPSA) is 41.9 Å². The lowest BCUT2D eigenvalue weighted by Gasteiger charge is -2.46. The fourth-order valence-electron chi connectivity index (χ4n) is 3.65. The van der Waals surface area contributed by atoms with Crippen molar-refractivity contribution < 1.29 is 14.6 Å². The Kier molecular flexibility index (Phi) is 6.10. The van der Waals surface area contributed by atoms with E-state index >= 15 is 0 Å². The number of morpholine rings is 1. The second-order valence-electron chi connectivity index (χ2n) is 6.55. The Balaban J connectivity index is 1.66.